The molecule has 1 aromatic carbocycles. The van der Waals surface area contributed by atoms with Crippen molar-refractivity contribution in [1.82, 2.24) is 4.90 Å². The number of amidine groups is 1. The first-order valence-electron chi connectivity index (χ1n) is 7.17. The molecule has 2 rings (SSSR count). The van der Waals surface area contributed by atoms with E-state index in [-0.39, 0.29) is 10.1 Å². The number of hydrogen-bond acceptors (Lipinski definition) is 6. The molecule has 3 atom stereocenters. The second-order valence-corrected chi connectivity index (χ2v) is 8.21. The average molecular weight is 395 g/mol. The molecule has 0 aromatic heterocycles. The molecule has 1 heterocycles. The Balaban J connectivity index is 2.26. The van der Waals surface area contributed by atoms with Crippen LogP contribution in [0.3, 0.4) is 0 Å². The van der Waals surface area contributed by atoms with Gasteiger partial charge in [-0.3, -0.25) is 13.2 Å². The Kier molecular flexibility index (Phi) is 5.99. The van der Waals surface area contributed by atoms with Crippen LogP contribution < -0.4 is 5.01 Å². The zero-order valence-electron chi connectivity index (χ0n) is 13.4. The molecule has 0 N–H and O–H groups in total. The highest BCUT2D eigenvalue weighted by atomic mass is 32.2. The minimum Gasteiger partial charge on any atom is -0.323 e. The van der Waals surface area contributed by atoms with E-state index in [0.29, 0.717) is 17.7 Å². The van der Waals surface area contributed by atoms with Crippen LogP contribution in [0, 0.1) is 0 Å². The third-order valence-corrected chi connectivity index (χ3v) is 6.08. The molecule has 138 valence electrons. The molecular weight excluding hydrogens is 379 g/mol. The van der Waals surface area contributed by atoms with Gasteiger partial charge in [-0.1, -0.05) is 6.92 Å². The van der Waals surface area contributed by atoms with E-state index in [2.05, 4.69) is 5.10 Å². The minimum atomic E-state index is -4.52. The van der Waals surface area contributed by atoms with Crippen molar-refractivity contribution in [3.8, 4) is 0 Å². The maximum absolute atomic E-state index is 12.3. The number of hydrazone groups is 1. The summed E-state index contributed by atoms with van der Waals surface area (Å²) in [6, 6.07) is 5.44. The summed E-state index contributed by atoms with van der Waals surface area (Å²) in [5, 5.41) is 5.75. The van der Waals surface area contributed by atoms with Crippen LogP contribution in [0.4, 0.5) is 18.9 Å². The van der Waals surface area contributed by atoms with E-state index in [4.69, 9.17) is 0 Å². The Labute approximate surface area is 147 Å². The maximum Gasteiger partial charge on any atom is 0.400 e. The SMILES string of the molecule is CCS(=O)C1=NN(c2ccc(S(=O)CC(F)(F)F)cc2)C(C=O)N1C. The Hall–Kier alpha value is -1.75. The monoisotopic (exact) mass is 395 g/mol. The topological polar surface area (TPSA) is 70.0 Å². The van der Waals surface area contributed by atoms with Gasteiger partial charge in [0.1, 0.15) is 5.75 Å². The lowest BCUT2D eigenvalue weighted by Gasteiger charge is -2.23. The van der Waals surface area contributed by atoms with Crippen LogP contribution >= 0.6 is 0 Å². The van der Waals surface area contributed by atoms with Crippen LogP contribution in [0.15, 0.2) is 34.3 Å². The van der Waals surface area contributed by atoms with Crippen molar-refractivity contribution in [3.63, 3.8) is 0 Å². The molecule has 11 heteroatoms. The van der Waals surface area contributed by atoms with Crippen LogP contribution in [-0.4, -0.2) is 55.7 Å². The van der Waals surface area contributed by atoms with Crippen LogP contribution in [0.25, 0.3) is 0 Å². The fraction of sp³-hybridized carbons (Fsp3) is 0.429. The molecule has 1 aliphatic heterocycles. The van der Waals surface area contributed by atoms with Crippen molar-refractivity contribution < 1.29 is 26.4 Å². The first-order chi connectivity index (χ1) is 11.7. The van der Waals surface area contributed by atoms with Gasteiger partial charge in [-0.2, -0.15) is 13.2 Å². The van der Waals surface area contributed by atoms with Gasteiger partial charge in [-0.15, -0.1) is 5.10 Å². The molecule has 0 aliphatic carbocycles. The molecular formula is C14H16F3N3O3S2. The van der Waals surface area contributed by atoms with Gasteiger partial charge in [0, 0.05) is 17.7 Å². The molecule has 3 unspecified atom stereocenters. The summed E-state index contributed by atoms with van der Waals surface area (Å²) in [6.45, 7) is 1.72. The van der Waals surface area contributed by atoms with Crippen molar-refractivity contribution in [2.24, 2.45) is 5.10 Å². The van der Waals surface area contributed by atoms with Crippen molar-refractivity contribution >= 4 is 38.7 Å². The zero-order chi connectivity index (χ0) is 18.8. The summed E-state index contributed by atoms with van der Waals surface area (Å²) in [6.07, 6.45) is -4.70. The lowest BCUT2D eigenvalue weighted by Crippen LogP contribution is -2.41. The van der Waals surface area contributed by atoms with Gasteiger partial charge < -0.3 is 4.90 Å². The van der Waals surface area contributed by atoms with Crippen LogP contribution in [0.2, 0.25) is 0 Å². The number of nitrogens with zero attached hydrogens (tertiary/aromatic N) is 3. The number of likely N-dealkylation sites (N-methyl/N-ethyl adjacent to an activating group) is 1. The fourth-order valence-corrected chi connectivity index (χ4v) is 3.95. The lowest BCUT2D eigenvalue weighted by molar-refractivity contribution is -0.110. The summed E-state index contributed by atoms with van der Waals surface area (Å²) in [5.74, 6) is -1.09. The van der Waals surface area contributed by atoms with E-state index in [9.17, 15) is 26.4 Å². The van der Waals surface area contributed by atoms with Gasteiger partial charge in [-0.25, -0.2) is 5.01 Å². The molecule has 1 aliphatic rings. The van der Waals surface area contributed by atoms with Crippen molar-refractivity contribution in [2.45, 2.75) is 24.2 Å². The molecule has 1 aromatic rings. The summed E-state index contributed by atoms with van der Waals surface area (Å²) >= 11 is 0. The first kappa shape index (κ1) is 19.6. The van der Waals surface area contributed by atoms with E-state index >= 15 is 0 Å². The molecule has 25 heavy (non-hydrogen) atoms. The van der Waals surface area contributed by atoms with Crippen molar-refractivity contribution in [1.29, 1.82) is 0 Å². The number of carbonyl (C=O) groups is 1. The van der Waals surface area contributed by atoms with E-state index in [1.807, 2.05) is 0 Å². The fourth-order valence-electron chi connectivity index (χ4n) is 2.18. The smallest absolute Gasteiger partial charge is 0.323 e. The van der Waals surface area contributed by atoms with E-state index in [1.165, 1.54) is 34.2 Å². The second kappa shape index (κ2) is 7.65. The normalized spacial score (nSPS) is 20.4. The van der Waals surface area contributed by atoms with Gasteiger partial charge in [0.2, 0.25) is 5.17 Å². The largest absolute Gasteiger partial charge is 0.400 e. The van der Waals surface area contributed by atoms with Gasteiger partial charge in [0.25, 0.3) is 0 Å². The molecule has 0 radical (unpaired) electrons. The third kappa shape index (κ3) is 4.46. The highest BCUT2D eigenvalue weighted by Crippen LogP contribution is 2.26. The number of rotatable bonds is 5. The predicted molar refractivity (Wildman–Crippen MR) is 90.0 cm³/mol. The number of hydrogen-bond donors (Lipinski definition) is 0. The van der Waals surface area contributed by atoms with Crippen LogP contribution in [0.1, 0.15) is 6.92 Å². The molecule has 0 saturated carbocycles. The molecule has 0 fully saturated rings. The summed E-state index contributed by atoms with van der Waals surface area (Å²) in [4.78, 5) is 12.9. The highest BCUT2D eigenvalue weighted by molar-refractivity contribution is 8.00. The molecule has 0 spiro atoms. The van der Waals surface area contributed by atoms with Gasteiger partial charge in [-0.05, 0) is 24.3 Å². The van der Waals surface area contributed by atoms with E-state index in [1.54, 1.807) is 14.0 Å². The predicted octanol–water partition coefficient (Wildman–Crippen LogP) is 1.67. The van der Waals surface area contributed by atoms with Gasteiger partial charge in [0.05, 0.1) is 27.3 Å². The number of alkyl halides is 3. The molecule has 6 nitrogen and oxygen atoms in total. The molecule has 0 bridgehead atoms. The maximum atomic E-state index is 12.3. The van der Waals surface area contributed by atoms with Gasteiger partial charge >= 0.3 is 6.18 Å². The Morgan fingerprint density at radius 1 is 1.20 bits per heavy atom. The number of anilines is 1. The summed E-state index contributed by atoms with van der Waals surface area (Å²) in [7, 11) is -1.99. The third-order valence-electron chi connectivity index (χ3n) is 3.39. The zero-order valence-corrected chi connectivity index (χ0v) is 15.0. The Morgan fingerprint density at radius 2 is 1.80 bits per heavy atom. The summed E-state index contributed by atoms with van der Waals surface area (Å²) < 4.78 is 60.6. The molecule has 0 saturated heterocycles. The second-order valence-electron chi connectivity index (χ2n) is 5.12. The van der Waals surface area contributed by atoms with E-state index < -0.39 is 39.7 Å². The number of aldehydes is 1. The highest BCUT2D eigenvalue weighted by Gasteiger charge is 2.35. The number of halogens is 3. The van der Waals surface area contributed by atoms with Crippen LogP contribution in [0.5, 0.6) is 0 Å². The standard InChI is InChI=1S/C14H16F3N3O3S2/c1-3-24(22)13-18-20(12(8-21)19(13)2)10-4-6-11(7-5-10)25(23)9-14(15,16)17/h4-8,12H,3,9H2,1-2H3. The van der Waals surface area contributed by atoms with Crippen molar-refractivity contribution in [2.75, 3.05) is 23.6 Å². The lowest BCUT2D eigenvalue weighted by atomic mass is 10.3. The quantitative estimate of drug-likeness (QED) is 0.710. The molecule has 0 amide bonds. The van der Waals surface area contributed by atoms with Crippen molar-refractivity contribution in [3.05, 3.63) is 24.3 Å². The minimum absolute atomic E-state index is 0.0256. The van der Waals surface area contributed by atoms with Gasteiger partial charge in [0.15, 0.2) is 12.5 Å². The van der Waals surface area contributed by atoms with E-state index in [0.717, 1.165) is 0 Å². The first-order valence-corrected chi connectivity index (χ1v) is 9.81. The van der Waals surface area contributed by atoms with Crippen LogP contribution in [-0.2, 0) is 26.4 Å². The summed E-state index contributed by atoms with van der Waals surface area (Å²) in [5.41, 5.74) is 0.416. The Bertz CT molecular complexity index is 722. The number of carbonyl (C=O) groups excluding carboxylic acids is 1. The average Bonchev–Trinajstić information content (AvgIpc) is 2.89. The Morgan fingerprint density at radius 3 is 2.28 bits per heavy atom. The number of benzene rings is 1.